The van der Waals surface area contributed by atoms with E-state index in [2.05, 4.69) is 198 Å². The van der Waals surface area contributed by atoms with Gasteiger partial charge in [0.25, 0.3) is 0 Å². The zero-order valence-corrected chi connectivity index (χ0v) is 37.0. The van der Waals surface area contributed by atoms with E-state index >= 15 is 0 Å². The van der Waals surface area contributed by atoms with Crippen LogP contribution in [-0.4, -0.2) is 20.2 Å². The number of rotatable bonds is 9. The zero-order chi connectivity index (χ0) is 45.4. The Labute approximate surface area is 395 Å². The summed E-state index contributed by atoms with van der Waals surface area (Å²) in [6.07, 6.45) is 2.22. The van der Waals surface area contributed by atoms with Gasteiger partial charge in [0.1, 0.15) is 0 Å². The van der Waals surface area contributed by atoms with Gasteiger partial charge in [0.05, 0.1) is 33.8 Å². The summed E-state index contributed by atoms with van der Waals surface area (Å²) < 4.78 is 2.34. The van der Waals surface area contributed by atoms with Gasteiger partial charge in [-0.3, -0.25) is 5.41 Å². The molecule has 1 aliphatic heterocycles. The maximum Gasteiger partial charge on any atom is 0.160 e. The van der Waals surface area contributed by atoms with Crippen molar-refractivity contribution >= 4 is 50.6 Å². The highest BCUT2D eigenvalue weighted by Gasteiger charge is 2.24. The number of hydrogen-bond donors (Lipinski definition) is 2. The molecule has 11 aromatic rings. The van der Waals surface area contributed by atoms with E-state index in [9.17, 15) is 5.41 Å². The number of para-hydroxylation sites is 2. The number of fused-ring (bicyclic) bond motifs is 4. The molecule has 0 amide bonds. The molecular formula is C63H43N5. The Morgan fingerprint density at radius 3 is 1.56 bits per heavy atom. The average molecular weight is 870 g/mol. The number of allylic oxidation sites excluding steroid dienone is 1. The number of aromatic nitrogens is 3. The normalized spacial score (nSPS) is 12.9. The lowest BCUT2D eigenvalue weighted by molar-refractivity contribution is 1.17. The molecule has 2 aromatic heterocycles. The van der Waals surface area contributed by atoms with Crippen LogP contribution in [0.15, 0.2) is 243 Å². The van der Waals surface area contributed by atoms with E-state index in [1.807, 2.05) is 60.7 Å². The maximum absolute atomic E-state index is 9.66. The van der Waals surface area contributed by atoms with Crippen molar-refractivity contribution in [3.63, 3.8) is 0 Å². The molecule has 0 spiro atoms. The van der Waals surface area contributed by atoms with Crippen molar-refractivity contribution < 1.29 is 0 Å². The van der Waals surface area contributed by atoms with E-state index in [-0.39, 0.29) is 0 Å². The number of hydrogen-bond acceptors (Lipinski definition) is 4. The summed E-state index contributed by atoms with van der Waals surface area (Å²) >= 11 is 0. The fourth-order valence-corrected chi connectivity index (χ4v) is 9.52. The van der Waals surface area contributed by atoms with Gasteiger partial charge in [-0.1, -0.05) is 200 Å². The molecule has 12 rings (SSSR count). The molecule has 5 heteroatoms. The molecule has 1 aliphatic rings. The molecule has 0 atom stereocenters. The molecule has 2 N–H and O–H groups in total. The van der Waals surface area contributed by atoms with E-state index in [1.165, 1.54) is 21.8 Å². The summed E-state index contributed by atoms with van der Waals surface area (Å²) in [4.78, 5) is 10.5. The summed E-state index contributed by atoms with van der Waals surface area (Å²) in [5, 5.41) is 15.9. The first kappa shape index (κ1) is 40.3. The number of nitrogens with zero attached hydrogens (tertiary/aromatic N) is 3. The molecule has 0 aliphatic carbocycles. The first-order chi connectivity index (χ1) is 33.6. The molecule has 0 fully saturated rings. The van der Waals surface area contributed by atoms with Crippen LogP contribution >= 0.6 is 0 Å². The molecule has 68 heavy (non-hydrogen) atoms. The lowest BCUT2D eigenvalue weighted by Crippen LogP contribution is -2.20. The SMILES string of the molecule is N=C(/C(=C1\NC(c2ccccc2)=Cc2cc(-c3cccc(-c4nc(-c5ccccc5)cc(-c5ccc(-n6c7ccccc7c7ccccc76)cc5)n4)c3)ccc21)c1ccccc1)c1ccccc1. The van der Waals surface area contributed by atoms with Crippen molar-refractivity contribution in [1.82, 2.24) is 19.9 Å². The van der Waals surface area contributed by atoms with Gasteiger partial charge in [-0.25, -0.2) is 9.97 Å². The van der Waals surface area contributed by atoms with Gasteiger partial charge in [-0.2, -0.15) is 0 Å². The topological polar surface area (TPSA) is 66.6 Å². The molecular weight excluding hydrogens is 827 g/mol. The lowest BCUT2D eigenvalue weighted by atomic mass is 9.87. The van der Waals surface area contributed by atoms with Crippen LogP contribution in [0.5, 0.6) is 0 Å². The first-order valence-electron chi connectivity index (χ1n) is 22.9. The molecule has 5 nitrogen and oxygen atoms in total. The molecule has 0 bridgehead atoms. The van der Waals surface area contributed by atoms with E-state index in [0.29, 0.717) is 11.5 Å². The van der Waals surface area contributed by atoms with Crippen molar-refractivity contribution in [3.05, 3.63) is 270 Å². The lowest BCUT2D eigenvalue weighted by Gasteiger charge is -2.26. The van der Waals surface area contributed by atoms with E-state index in [0.717, 1.165) is 89.7 Å². The minimum atomic E-state index is 0.451. The van der Waals surface area contributed by atoms with Crippen LogP contribution in [0.2, 0.25) is 0 Å². The van der Waals surface area contributed by atoms with E-state index < -0.39 is 0 Å². The average Bonchev–Trinajstić information content (AvgIpc) is 3.76. The summed E-state index contributed by atoms with van der Waals surface area (Å²) in [5.41, 5.74) is 18.3. The van der Waals surface area contributed by atoms with Gasteiger partial charge in [0.2, 0.25) is 0 Å². The smallest absolute Gasteiger partial charge is 0.160 e. The number of nitrogens with one attached hydrogen (secondary N) is 2. The van der Waals surface area contributed by atoms with Crippen LogP contribution in [-0.2, 0) is 0 Å². The van der Waals surface area contributed by atoms with Crippen molar-refractivity contribution in [2.45, 2.75) is 0 Å². The predicted octanol–water partition coefficient (Wildman–Crippen LogP) is 15.3. The fraction of sp³-hybridized carbons (Fsp3) is 0. The summed E-state index contributed by atoms with van der Waals surface area (Å²) in [7, 11) is 0. The third-order valence-electron chi connectivity index (χ3n) is 12.8. The van der Waals surface area contributed by atoms with Crippen molar-refractivity contribution in [3.8, 4) is 50.7 Å². The molecule has 0 radical (unpaired) electrons. The van der Waals surface area contributed by atoms with Crippen molar-refractivity contribution in [1.29, 1.82) is 5.41 Å². The molecule has 0 saturated carbocycles. The van der Waals surface area contributed by atoms with Gasteiger partial charge in [0, 0.05) is 55.5 Å². The maximum atomic E-state index is 9.66. The van der Waals surface area contributed by atoms with Crippen LogP contribution in [0.1, 0.15) is 27.8 Å². The highest BCUT2D eigenvalue weighted by Crippen LogP contribution is 2.39. The van der Waals surface area contributed by atoms with Crippen LogP contribution < -0.4 is 5.32 Å². The quantitative estimate of drug-likeness (QED) is 0.142. The first-order valence-corrected chi connectivity index (χ1v) is 22.9. The molecule has 9 aromatic carbocycles. The molecule has 320 valence electrons. The molecule has 0 unspecified atom stereocenters. The Bertz CT molecular complexity index is 3690. The zero-order valence-electron chi connectivity index (χ0n) is 37.0. The third-order valence-corrected chi connectivity index (χ3v) is 12.8. The second-order valence-corrected chi connectivity index (χ2v) is 17.0. The second kappa shape index (κ2) is 17.3. The molecule has 3 heterocycles. The van der Waals surface area contributed by atoms with Gasteiger partial charge in [-0.05, 0) is 76.4 Å². The van der Waals surface area contributed by atoms with E-state index in [4.69, 9.17) is 9.97 Å². The van der Waals surface area contributed by atoms with Gasteiger partial charge in [0.15, 0.2) is 5.82 Å². The monoisotopic (exact) mass is 869 g/mol. The van der Waals surface area contributed by atoms with Crippen LogP contribution in [0, 0.1) is 5.41 Å². The van der Waals surface area contributed by atoms with Crippen LogP contribution in [0.3, 0.4) is 0 Å². The third kappa shape index (κ3) is 7.48. The Hall–Kier alpha value is -9.19. The summed E-state index contributed by atoms with van der Waals surface area (Å²) in [6.45, 7) is 0. The van der Waals surface area contributed by atoms with Crippen molar-refractivity contribution in [2.24, 2.45) is 0 Å². The minimum absolute atomic E-state index is 0.451. The Balaban J connectivity index is 0.959. The Kier molecular flexibility index (Phi) is 10.3. The Morgan fingerprint density at radius 2 is 0.912 bits per heavy atom. The van der Waals surface area contributed by atoms with Gasteiger partial charge in [-0.15, -0.1) is 0 Å². The number of benzene rings is 9. The molecule has 0 saturated heterocycles. The van der Waals surface area contributed by atoms with E-state index in [1.54, 1.807) is 0 Å². The minimum Gasteiger partial charge on any atom is -0.354 e. The highest BCUT2D eigenvalue weighted by molar-refractivity contribution is 6.36. The predicted molar refractivity (Wildman–Crippen MR) is 282 cm³/mol. The van der Waals surface area contributed by atoms with Crippen LogP contribution in [0.25, 0.3) is 95.6 Å². The largest absolute Gasteiger partial charge is 0.354 e. The van der Waals surface area contributed by atoms with Crippen LogP contribution in [0.4, 0.5) is 0 Å². The standard InChI is InChI=1S/C63H43N5/c64-61(46-24-11-4-12-25-46)60(45-22-9-3-10-23-45)62-52-37-34-48(39-50(52)40-55(65-62)42-18-5-1-6-19-42)47-26-17-27-49(38-47)63-66-56(43-20-7-2-8-21-43)41-57(67-63)44-32-35-51(36-33-44)68-58-30-15-13-28-53(58)54-29-14-16-31-59(54)68/h1-41,64-65H/b62-60-,64-61?. The second-order valence-electron chi connectivity index (χ2n) is 17.0. The van der Waals surface area contributed by atoms with Crippen molar-refractivity contribution in [2.75, 3.05) is 0 Å². The van der Waals surface area contributed by atoms with Gasteiger partial charge < -0.3 is 9.88 Å². The Morgan fingerprint density at radius 1 is 0.412 bits per heavy atom. The summed E-state index contributed by atoms with van der Waals surface area (Å²) in [5.74, 6) is 0.653. The fourth-order valence-electron chi connectivity index (χ4n) is 9.52. The highest BCUT2D eigenvalue weighted by atomic mass is 15.0. The van der Waals surface area contributed by atoms with Gasteiger partial charge >= 0.3 is 0 Å². The summed E-state index contributed by atoms with van der Waals surface area (Å²) in [6, 6.07) is 84.2.